The van der Waals surface area contributed by atoms with Crippen LogP contribution in [0.4, 0.5) is 11.4 Å². The minimum atomic E-state index is -0.469. The van der Waals surface area contributed by atoms with Crippen LogP contribution in [0.25, 0.3) is 21.7 Å². The van der Waals surface area contributed by atoms with Gasteiger partial charge < -0.3 is 23.9 Å². The molecule has 0 amide bonds. The van der Waals surface area contributed by atoms with Crippen LogP contribution in [0.2, 0.25) is 0 Å². The lowest BCUT2D eigenvalue weighted by Gasteiger charge is -2.31. The fourth-order valence-corrected chi connectivity index (χ4v) is 5.22. The molecule has 174 valence electrons. The van der Waals surface area contributed by atoms with E-state index in [0.717, 1.165) is 38.7 Å². The highest BCUT2D eigenvalue weighted by atomic mass is 16.5. The highest BCUT2D eigenvalue weighted by Crippen LogP contribution is 2.53. The van der Waals surface area contributed by atoms with Crippen LogP contribution in [0.5, 0.6) is 17.2 Å². The largest absolute Gasteiger partial charge is 0.493 e. The van der Waals surface area contributed by atoms with E-state index in [-0.39, 0.29) is 0 Å². The van der Waals surface area contributed by atoms with Gasteiger partial charge >= 0.3 is 5.63 Å². The lowest BCUT2D eigenvalue weighted by atomic mass is 9.78. The van der Waals surface area contributed by atoms with E-state index in [0.29, 0.717) is 28.4 Å². The molecule has 1 atom stereocenters. The van der Waals surface area contributed by atoms with E-state index in [1.54, 1.807) is 27.4 Å². The third kappa shape index (κ3) is 3.06. The fraction of sp³-hybridized carbons (Fsp3) is 0.138. The molecule has 0 saturated heterocycles. The minimum Gasteiger partial charge on any atom is -0.493 e. The Balaban J connectivity index is 1.77. The number of fused-ring (bicyclic) bond motifs is 6. The maximum absolute atomic E-state index is 13.6. The van der Waals surface area contributed by atoms with E-state index in [1.807, 2.05) is 42.5 Å². The Morgan fingerprint density at radius 2 is 1.49 bits per heavy atom. The first-order valence-corrected chi connectivity index (χ1v) is 11.3. The number of hydrogen-bond acceptors (Lipinski definition) is 6. The van der Waals surface area contributed by atoms with Gasteiger partial charge in [0.15, 0.2) is 11.5 Å². The molecule has 0 radical (unpaired) electrons. The second kappa shape index (κ2) is 8.09. The van der Waals surface area contributed by atoms with Gasteiger partial charge in [0, 0.05) is 22.6 Å². The smallest absolute Gasteiger partial charge is 0.342 e. The number of para-hydroxylation sites is 1. The molecule has 6 heteroatoms. The van der Waals surface area contributed by atoms with Gasteiger partial charge in [-0.3, -0.25) is 0 Å². The summed E-state index contributed by atoms with van der Waals surface area (Å²) in [6, 6.07) is 23.6. The van der Waals surface area contributed by atoms with Crippen LogP contribution in [0.15, 0.2) is 82.0 Å². The molecule has 1 aliphatic rings. The Bertz CT molecular complexity index is 1670. The molecule has 1 aliphatic heterocycles. The Kier molecular flexibility index (Phi) is 4.88. The summed E-state index contributed by atoms with van der Waals surface area (Å²) in [5.41, 5.74) is 4.09. The third-order valence-electron chi connectivity index (χ3n) is 6.70. The normalized spacial score (nSPS) is 14.2. The number of anilines is 2. The molecule has 2 heterocycles. The van der Waals surface area contributed by atoms with E-state index in [2.05, 4.69) is 29.6 Å². The van der Waals surface area contributed by atoms with Crippen LogP contribution in [0.1, 0.15) is 22.6 Å². The van der Waals surface area contributed by atoms with Crippen molar-refractivity contribution >= 4 is 33.1 Å². The van der Waals surface area contributed by atoms with Crippen molar-refractivity contribution in [2.75, 3.05) is 26.6 Å². The molecule has 6 nitrogen and oxygen atoms in total. The summed E-state index contributed by atoms with van der Waals surface area (Å²) in [7, 11) is 4.75. The summed E-state index contributed by atoms with van der Waals surface area (Å²) < 4.78 is 22.9. The maximum Gasteiger partial charge on any atom is 0.342 e. The summed E-state index contributed by atoms with van der Waals surface area (Å²) in [6.45, 7) is 0. The van der Waals surface area contributed by atoms with Crippen molar-refractivity contribution in [2.45, 2.75) is 5.92 Å². The first-order valence-electron chi connectivity index (χ1n) is 11.3. The van der Waals surface area contributed by atoms with E-state index in [9.17, 15) is 4.79 Å². The second-order valence-electron chi connectivity index (χ2n) is 8.40. The summed E-state index contributed by atoms with van der Waals surface area (Å²) in [5, 5.41) is 6.50. The average Bonchev–Trinajstić information content (AvgIpc) is 2.90. The van der Waals surface area contributed by atoms with Gasteiger partial charge in [0.25, 0.3) is 0 Å². The Labute approximate surface area is 201 Å². The number of benzene rings is 4. The van der Waals surface area contributed by atoms with Gasteiger partial charge in [-0.15, -0.1) is 0 Å². The molecule has 0 bridgehead atoms. The van der Waals surface area contributed by atoms with Crippen LogP contribution in [-0.4, -0.2) is 21.3 Å². The van der Waals surface area contributed by atoms with Crippen LogP contribution in [0, 0.1) is 0 Å². The summed E-state index contributed by atoms with van der Waals surface area (Å²) in [4.78, 5) is 13.6. The number of methoxy groups -OCH3 is 3. The molecule has 0 aliphatic carbocycles. The SMILES string of the molecule is COc1ccc(C2c3c(c4ccccc4oc3=O)Nc3ccc4ccccc4c32)c(OC)c1OC. The van der Waals surface area contributed by atoms with Crippen molar-refractivity contribution in [1.82, 2.24) is 0 Å². The van der Waals surface area contributed by atoms with E-state index in [4.69, 9.17) is 18.6 Å². The van der Waals surface area contributed by atoms with Crippen LogP contribution in [-0.2, 0) is 0 Å². The standard InChI is InChI=1S/C29H23NO5/c1-32-22-15-13-19(27(33-2)28(22)34-3)24-23-17-9-5-4-8-16(17)12-14-20(23)30-26-18-10-6-7-11-21(18)35-29(31)25(24)26/h4-15,24,30H,1-3H3. The molecule has 1 aromatic heterocycles. The van der Waals surface area contributed by atoms with Crippen molar-refractivity contribution < 1.29 is 18.6 Å². The molecule has 5 aromatic rings. The number of rotatable bonds is 4. The predicted molar refractivity (Wildman–Crippen MR) is 137 cm³/mol. The lowest BCUT2D eigenvalue weighted by Crippen LogP contribution is -2.23. The quantitative estimate of drug-likeness (QED) is 0.312. The van der Waals surface area contributed by atoms with Gasteiger partial charge in [0.2, 0.25) is 5.75 Å². The maximum atomic E-state index is 13.6. The van der Waals surface area contributed by atoms with Gasteiger partial charge in [0.05, 0.1) is 32.6 Å². The van der Waals surface area contributed by atoms with Crippen LogP contribution in [0.3, 0.4) is 0 Å². The third-order valence-corrected chi connectivity index (χ3v) is 6.70. The lowest BCUT2D eigenvalue weighted by molar-refractivity contribution is 0.322. The molecule has 4 aromatic carbocycles. The topological polar surface area (TPSA) is 69.9 Å². The zero-order valence-electron chi connectivity index (χ0n) is 19.5. The molecule has 6 rings (SSSR count). The molecule has 1 unspecified atom stereocenters. The molecule has 0 fully saturated rings. The highest BCUT2D eigenvalue weighted by molar-refractivity contribution is 6.01. The molecular formula is C29H23NO5. The summed E-state index contributed by atoms with van der Waals surface area (Å²) >= 11 is 0. The number of hydrogen-bond donors (Lipinski definition) is 1. The number of nitrogens with one attached hydrogen (secondary N) is 1. The molecule has 35 heavy (non-hydrogen) atoms. The van der Waals surface area contributed by atoms with E-state index >= 15 is 0 Å². The Morgan fingerprint density at radius 1 is 0.743 bits per heavy atom. The van der Waals surface area contributed by atoms with Crippen molar-refractivity contribution in [2.24, 2.45) is 0 Å². The van der Waals surface area contributed by atoms with Crippen molar-refractivity contribution in [1.29, 1.82) is 0 Å². The zero-order valence-corrected chi connectivity index (χ0v) is 19.5. The van der Waals surface area contributed by atoms with Gasteiger partial charge in [-0.1, -0.05) is 48.5 Å². The van der Waals surface area contributed by atoms with Crippen LogP contribution >= 0.6 is 0 Å². The number of ether oxygens (including phenoxy) is 3. The van der Waals surface area contributed by atoms with Crippen molar-refractivity contribution in [3.05, 3.63) is 99.9 Å². The molecular weight excluding hydrogens is 442 g/mol. The first kappa shape index (κ1) is 21.1. The summed E-state index contributed by atoms with van der Waals surface area (Å²) in [6.07, 6.45) is 0. The van der Waals surface area contributed by atoms with Crippen molar-refractivity contribution in [3.8, 4) is 17.2 Å². The van der Waals surface area contributed by atoms with Gasteiger partial charge in [-0.05, 0) is 40.6 Å². The predicted octanol–water partition coefficient (Wildman–Crippen LogP) is 6.21. The second-order valence-corrected chi connectivity index (χ2v) is 8.40. The van der Waals surface area contributed by atoms with Crippen LogP contribution < -0.4 is 25.2 Å². The first-order chi connectivity index (χ1) is 17.2. The summed E-state index contributed by atoms with van der Waals surface area (Å²) in [5.74, 6) is 1.06. The van der Waals surface area contributed by atoms with E-state index in [1.165, 1.54) is 0 Å². The van der Waals surface area contributed by atoms with Gasteiger partial charge in [-0.25, -0.2) is 4.79 Å². The Morgan fingerprint density at radius 3 is 2.26 bits per heavy atom. The van der Waals surface area contributed by atoms with Crippen molar-refractivity contribution in [3.63, 3.8) is 0 Å². The zero-order chi connectivity index (χ0) is 24.1. The minimum absolute atomic E-state index is 0.397. The highest BCUT2D eigenvalue weighted by Gasteiger charge is 2.36. The van der Waals surface area contributed by atoms with Gasteiger partial charge in [0.1, 0.15) is 5.58 Å². The molecule has 0 spiro atoms. The average molecular weight is 466 g/mol. The monoisotopic (exact) mass is 465 g/mol. The molecule has 0 saturated carbocycles. The fourth-order valence-electron chi connectivity index (χ4n) is 5.22. The molecule has 1 N–H and O–H groups in total. The Hall–Kier alpha value is -4.45. The van der Waals surface area contributed by atoms with Gasteiger partial charge in [-0.2, -0.15) is 0 Å². The van der Waals surface area contributed by atoms with E-state index < -0.39 is 11.5 Å².